The fourth-order valence-corrected chi connectivity index (χ4v) is 2.16. The van der Waals surface area contributed by atoms with Crippen LogP contribution >= 0.6 is 0 Å². The first-order valence-electron chi connectivity index (χ1n) is 7.25. The summed E-state index contributed by atoms with van der Waals surface area (Å²) in [5, 5.41) is 5.38. The van der Waals surface area contributed by atoms with Crippen molar-refractivity contribution in [2.45, 2.75) is 0 Å². The monoisotopic (exact) mass is 299 g/mol. The number of piperazine rings is 1. The molecule has 7 heteroatoms. The molecule has 7 nitrogen and oxygen atoms in total. The molecule has 1 aliphatic heterocycles. The van der Waals surface area contributed by atoms with Gasteiger partial charge in [0.25, 0.3) is 5.91 Å². The molecule has 21 heavy (non-hydrogen) atoms. The van der Waals surface area contributed by atoms with Gasteiger partial charge in [-0.05, 0) is 7.05 Å². The van der Waals surface area contributed by atoms with Gasteiger partial charge in [-0.1, -0.05) is 12.7 Å². The highest BCUT2D eigenvalue weighted by atomic mass is 16.5. The number of likely N-dealkylation sites (N-methyl/N-ethyl adjacent to an activating group) is 2. The van der Waals surface area contributed by atoms with E-state index < -0.39 is 6.09 Å². The maximum absolute atomic E-state index is 11.9. The van der Waals surface area contributed by atoms with Crippen molar-refractivity contribution in [1.29, 1.82) is 0 Å². The van der Waals surface area contributed by atoms with Crippen LogP contribution in [-0.4, -0.2) is 87.9 Å². The molecule has 0 aromatic heterocycles. The molecule has 0 atom stereocenters. The smallest absolute Gasteiger partial charge is 0.407 e. The molecular weight excluding hydrogens is 272 g/mol. The SMILES string of the molecule is C=CCOC(=O)NCCNC(=O)C[N+]1(C)CCN(C)CC1. The first kappa shape index (κ1) is 17.5. The van der Waals surface area contributed by atoms with Gasteiger partial charge >= 0.3 is 6.09 Å². The second-order valence-corrected chi connectivity index (χ2v) is 5.69. The quantitative estimate of drug-likeness (QED) is 0.374. The van der Waals surface area contributed by atoms with Gasteiger partial charge < -0.3 is 19.9 Å². The molecule has 2 amide bonds. The molecule has 0 spiro atoms. The van der Waals surface area contributed by atoms with Crippen molar-refractivity contribution < 1.29 is 18.8 Å². The zero-order valence-electron chi connectivity index (χ0n) is 13.1. The van der Waals surface area contributed by atoms with Crippen LogP contribution in [0.15, 0.2) is 12.7 Å². The maximum atomic E-state index is 11.9. The number of quaternary nitrogens is 1. The lowest BCUT2D eigenvalue weighted by Gasteiger charge is -2.40. The number of rotatable bonds is 7. The lowest BCUT2D eigenvalue weighted by molar-refractivity contribution is -0.906. The molecular formula is C14H27N4O3+. The average molecular weight is 299 g/mol. The van der Waals surface area contributed by atoms with Gasteiger partial charge in [0.15, 0.2) is 6.54 Å². The molecule has 0 aliphatic carbocycles. The molecule has 1 saturated heterocycles. The van der Waals surface area contributed by atoms with E-state index in [0.29, 0.717) is 19.6 Å². The van der Waals surface area contributed by atoms with Crippen molar-refractivity contribution in [3.8, 4) is 0 Å². The molecule has 0 aromatic rings. The minimum Gasteiger partial charge on any atom is -0.445 e. The normalized spacial score (nSPS) is 17.8. The van der Waals surface area contributed by atoms with Gasteiger partial charge in [0.2, 0.25) is 0 Å². The van der Waals surface area contributed by atoms with Crippen LogP contribution in [0.1, 0.15) is 0 Å². The summed E-state index contributed by atoms with van der Waals surface area (Å²) in [6.07, 6.45) is 1.00. The number of ether oxygens (including phenoxy) is 1. The predicted molar refractivity (Wildman–Crippen MR) is 80.8 cm³/mol. The summed E-state index contributed by atoms with van der Waals surface area (Å²) in [5.74, 6) is 0.0170. The number of carbonyl (C=O) groups is 2. The third kappa shape index (κ3) is 7.10. The van der Waals surface area contributed by atoms with Crippen LogP contribution in [0.2, 0.25) is 0 Å². The molecule has 0 bridgehead atoms. The predicted octanol–water partition coefficient (Wildman–Crippen LogP) is -0.593. The molecule has 120 valence electrons. The van der Waals surface area contributed by atoms with Gasteiger partial charge in [0.1, 0.15) is 6.61 Å². The van der Waals surface area contributed by atoms with Gasteiger partial charge in [0, 0.05) is 26.2 Å². The number of amides is 2. The average Bonchev–Trinajstić information content (AvgIpc) is 2.45. The van der Waals surface area contributed by atoms with E-state index in [-0.39, 0.29) is 12.5 Å². The van der Waals surface area contributed by atoms with E-state index in [1.54, 1.807) is 0 Å². The maximum Gasteiger partial charge on any atom is 0.407 e. The summed E-state index contributed by atoms with van der Waals surface area (Å²) in [6, 6.07) is 0. The minimum atomic E-state index is -0.498. The van der Waals surface area contributed by atoms with Crippen molar-refractivity contribution in [2.24, 2.45) is 0 Å². The van der Waals surface area contributed by atoms with E-state index in [4.69, 9.17) is 4.74 Å². The van der Waals surface area contributed by atoms with Crippen LogP contribution in [0.4, 0.5) is 4.79 Å². The Morgan fingerprint density at radius 2 is 1.90 bits per heavy atom. The highest BCUT2D eigenvalue weighted by molar-refractivity contribution is 5.77. The van der Waals surface area contributed by atoms with E-state index in [1.807, 2.05) is 0 Å². The largest absolute Gasteiger partial charge is 0.445 e. The topological polar surface area (TPSA) is 70.7 Å². The van der Waals surface area contributed by atoms with Crippen LogP contribution in [0, 0.1) is 0 Å². The number of nitrogens with one attached hydrogen (secondary N) is 2. The van der Waals surface area contributed by atoms with Crippen LogP contribution in [0.3, 0.4) is 0 Å². The summed E-state index contributed by atoms with van der Waals surface area (Å²) >= 11 is 0. The summed E-state index contributed by atoms with van der Waals surface area (Å²) < 4.78 is 5.53. The van der Waals surface area contributed by atoms with Crippen molar-refractivity contribution in [3.05, 3.63) is 12.7 Å². The molecule has 0 saturated carbocycles. The zero-order chi connectivity index (χ0) is 15.7. The third-order valence-corrected chi connectivity index (χ3v) is 3.62. The number of hydrogen-bond donors (Lipinski definition) is 2. The lowest BCUT2D eigenvalue weighted by atomic mass is 10.2. The Morgan fingerprint density at radius 3 is 2.52 bits per heavy atom. The Labute approximate surface area is 126 Å². The number of nitrogens with zero attached hydrogens (tertiary/aromatic N) is 2. The van der Waals surface area contributed by atoms with Crippen LogP contribution in [0.25, 0.3) is 0 Å². The summed E-state index contributed by atoms with van der Waals surface area (Å²) in [7, 11) is 4.21. The molecule has 0 radical (unpaired) electrons. The van der Waals surface area contributed by atoms with E-state index in [1.165, 1.54) is 6.08 Å². The Bertz CT molecular complexity index is 365. The fraction of sp³-hybridized carbons (Fsp3) is 0.714. The Kier molecular flexibility index (Phi) is 7.18. The van der Waals surface area contributed by atoms with Crippen molar-refractivity contribution in [1.82, 2.24) is 15.5 Å². The van der Waals surface area contributed by atoms with E-state index in [0.717, 1.165) is 30.7 Å². The minimum absolute atomic E-state index is 0.0170. The van der Waals surface area contributed by atoms with Gasteiger partial charge in [0.05, 0.1) is 20.1 Å². The lowest BCUT2D eigenvalue weighted by Crippen LogP contribution is -2.59. The standard InChI is InChI=1S/C14H26N4O3/c1-4-11-21-14(20)16-6-5-15-13(19)12-18(3)9-7-17(2)8-10-18/h4H,1,5-12H2,2-3H3,(H-,15,16,19,20)/p+1. The van der Waals surface area contributed by atoms with Crippen molar-refractivity contribution in [3.63, 3.8) is 0 Å². The van der Waals surface area contributed by atoms with E-state index >= 15 is 0 Å². The van der Waals surface area contributed by atoms with Crippen molar-refractivity contribution in [2.75, 3.05) is 66.5 Å². The molecule has 1 heterocycles. The number of carbonyl (C=O) groups excluding carboxylic acids is 2. The third-order valence-electron chi connectivity index (χ3n) is 3.62. The molecule has 1 aliphatic rings. The Balaban J connectivity index is 2.14. The zero-order valence-corrected chi connectivity index (χ0v) is 13.1. The number of hydrogen-bond acceptors (Lipinski definition) is 4. The van der Waals surface area contributed by atoms with Gasteiger partial charge in [-0.15, -0.1) is 0 Å². The second-order valence-electron chi connectivity index (χ2n) is 5.69. The molecule has 1 fully saturated rings. The van der Waals surface area contributed by atoms with Gasteiger partial charge in [-0.25, -0.2) is 4.79 Å². The van der Waals surface area contributed by atoms with Gasteiger partial charge in [-0.3, -0.25) is 9.69 Å². The fourth-order valence-electron chi connectivity index (χ4n) is 2.16. The molecule has 0 unspecified atom stereocenters. The Hall–Kier alpha value is -1.60. The van der Waals surface area contributed by atoms with Gasteiger partial charge in [-0.2, -0.15) is 0 Å². The first-order chi connectivity index (χ1) is 9.95. The van der Waals surface area contributed by atoms with Crippen LogP contribution in [0.5, 0.6) is 0 Å². The molecule has 2 N–H and O–H groups in total. The summed E-state index contributed by atoms with van der Waals surface area (Å²) in [6.45, 7) is 8.87. The second kappa shape index (κ2) is 8.63. The van der Waals surface area contributed by atoms with E-state index in [9.17, 15) is 9.59 Å². The Morgan fingerprint density at radius 1 is 1.29 bits per heavy atom. The summed E-state index contributed by atoms with van der Waals surface area (Å²) in [5.41, 5.74) is 0. The highest BCUT2D eigenvalue weighted by Crippen LogP contribution is 2.07. The molecule has 0 aromatic carbocycles. The highest BCUT2D eigenvalue weighted by Gasteiger charge is 2.29. The van der Waals surface area contributed by atoms with Crippen LogP contribution in [-0.2, 0) is 9.53 Å². The molecule has 1 rings (SSSR count). The summed E-state index contributed by atoms with van der Waals surface area (Å²) in [4.78, 5) is 25.3. The van der Waals surface area contributed by atoms with Crippen LogP contribution < -0.4 is 10.6 Å². The van der Waals surface area contributed by atoms with E-state index in [2.05, 4.69) is 36.2 Å². The van der Waals surface area contributed by atoms with Crippen molar-refractivity contribution >= 4 is 12.0 Å². The number of alkyl carbamates (subject to hydrolysis) is 1. The first-order valence-corrected chi connectivity index (χ1v) is 7.25.